The Kier molecular flexibility index (Phi) is 5.81. The molecule has 0 radical (unpaired) electrons. The number of hydrogen-bond acceptors (Lipinski definition) is 2. The number of hydrogen-bond donors (Lipinski definition) is 2. The lowest BCUT2D eigenvalue weighted by molar-refractivity contribution is 0.280. The van der Waals surface area contributed by atoms with E-state index in [0.29, 0.717) is 0 Å². The van der Waals surface area contributed by atoms with Gasteiger partial charge in [-0.25, -0.2) is 0 Å². The quantitative estimate of drug-likeness (QED) is 0.646. The zero-order valence-corrected chi connectivity index (χ0v) is 16.7. The van der Waals surface area contributed by atoms with E-state index in [0.717, 1.165) is 32.9 Å². The van der Waals surface area contributed by atoms with Gasteiger partial charge >= 0.3 is 0 Å². The van der Waals surface area contributed by atoms with Crippen molar-refractivity contribution in [2.45, 2.75) is 50.7 Å². The third-order valence-corrected chi connectivity index (χ3v) is 6.74. The van der Waals surface area contributed by atoms with E-state index >= 15 is 0 Å². The summed E-state index contributed by atoms with van der Waals surface area (Å²) in [5.41, 5.74) is 4.44. The van der Waals surface area contributed by atoms with Gasteiger partial charge in [-0.15, -0.1) is 0 Å². The van der Waals surface area contributed by atoms with Crippen molar-refractivity contribution >= 4 is 31.9 Å². The first-order valence-corrected chi connectivity index (χ1v) is 9.99. The average molecular weight is 454 g/mol. The number of aliphatic hydroxyl groups excluding tert-OH is 2. The Hall–Kier alpha value is -0.680. The highest BCUT2D eigenvalue weighted by molar-refractivity contribution is 9.10. The Labute approximate surface area is 160 Å². The summed E-state index contributed by atoms with van der Waals surface area (Å²) in [5.74, 6) is 0. The molecule has 0 unspecified atom stereocenters. The summed E-state index contributed by atoms with van der Waals surface area (Å²) in [6.45, 7) is 0.0925. The van der Waals surface area contributed by atoms with Gasteiger partial charge in [0.15, 0.2) is 0 Å². The van der Waals surface area contributed by atoms with E-state index in [2.05, 4.69) is 56.1 Å². The van der Waals surface area contributed by atoms with Crippen LogP contribution in [0.5, 0.6) is 0 Å². The van der Waals surface area contributed by atoms with Gasteiger partial charge < -0.3 is 10.2 Å². The molecule has 2 aromatic rings. The van der Waals surface area contributed by atoms with E-state index in [1.807, 2.05) is 12.1 Å². The maximum atomic E-state index is 9.44. The molecule has 1 aliphatic rings. The Bertz CT molecular complexity index is 666. The average Bonchev–Trinajstić information content (AvgIpc) is 2.62. The summed E-state index contributed by atoms with van der Waals surface area (Å²) in [4.78, 5) is 0. The van der Waals surface area contributed by atoms with Crippen molar-refractivity contribution in [1.82, 2.24) is 0 Å². The van der Waals surface area contributed by atoms with Gasteiger partial charge in [0, 0.05) is 14.4 Å². The molecule has 1 aliphatic carbocycles. The molecule has 0 bridgehead atoms. The molecule has 2 aromatic carbocycles. The SMILES string of the molecule is OCc1ccc(C2(c3ccc(CO)c(Br)c3)CCCCC2)cc1Br. The Morgan fingerprint density at radius 1 is 0.750 bits per heavy atom. The number of halogens is 2. The van der Waals surface area contributed by atoms with Crippen molar-refractivity contribution < 1.29 is 10.2 Å². The van der Waals surface area contributed by atoms with Crippen molar-refractivity contribution in [2.24, 2.45) is 0 Å². The monoisotopic (exact) mass is 452 g/mol. The fourth-order valence-corrected chi connectivity index (χ4v) is 4.85. The molecule has 1 saturated carbocycles. The maximum Gasteiger partial charge on any atom is 0.0692 e. The number of benzene rings is 2. The first-order valence-electron chi connectivity index (χ1n) is 8.40. The minimum atomic E-state index is 0.00522. The molecule has 0 saturated heterocycles. The minimum Gasteiger partial charge on any atom is -0.392 e. The molecular weight excluding hydrogens is 432 g/mol. The van der Waals surface area contributed by atoms with Gasteiger partial charge in [-0.3, -0.25) is 0 Å². The standard InChI is InChI=1S/C20H22Br2O2/c21-18-10-16(6-4-14(18)12-23)20(8-2-1-3-9-20)17-7-5-15(13-24)19(22)11-17/h4-7,10-11,23-24H,1-3,8-9,12-13H2. The molecule has 0 aliphatic heterocycles. The van der Waals surface area contributed by atoms with Gasteiger partial charge in [0.05, 0.1) is 13.2 Å². The molecule has 0 amide bonds. The zero-order chi connectivity index (χ0) is 17.2. The largest absolute Gasteiger partial charge is 0.392 e. The second kappa shape index (κ2) is 7.69. The maximum absolute atomic E-state index is 9.44. The van der Waals surface area contributed by atoms with E-state index in [-0.39, 0.29) is 18.6 Å². The van der Waals surface area contributed by atoms with Crippen LogP contribution in [0.15, 0.2) is 45.3 Å². The Morgan fingerprint density at radius 3 is 1.58 bits per heavy atom. The second-order valence-electron chi connectivity index (χ2n) is 6.57. The molecule has 3 rings (SSSR count). The highest BCUT2D eigenvalue weighted by Gasteiger charge is 2.36. The lowest BCUT2D eigenvalue weighted by atomic mass is 9.65. The molecule has 1 fully saturated rings. The summed E-state index contributed by atoms with van der Waals surface area (Å²) in [7, 11) is 0. The van der Waals surface area contributed by atoms with Gasteiger partial charge in [-0.2, -0.15) is 0 Å². The van der Waals surface area contributed by atoms with Gasteiger partial charge in [-0.1, -0.05) is 75.4 Å². The molecule has 2 nitrogen and oxygen atoms in total. The van der Waals surface area contributed by atoms with E-state index in [1.165, 1.54) is 30.4 Å². The van der Waals surface area contributed by atoms with Gasteiger partial charge in [0.1, 0.15) is 0 Å². The Balaban J connectivity index is 2.11. The third kappa shape index (κ3) is 3.34. The topological polar surface area (TPSA) is 40.5 Å². The molecule has 0 heterocycles. The van der Waals surface area contributed by atoms with Crippen molar-refractivity contribution in [3.8, 4) is 0 Å². The molecular formula is C20H22Br2O2. The van der Waals surface area contributed by atoms with Crippen LogP contribution in [0, 0.1) is 0 Å². The summed E-state index contributed by atoms with van der Waals surface area (Å²) in [6.07, 6.45) is 5.98. The van der Waals surface area contributed by atoms with Crippen molar-refractivity contribution in [3.05, 3.63) is 67.6 Å². The van der Waals surface area contributed by atoms with Crippen LogP contribution in [-0.4, -0.2) is 10.2 Å². The van der Waals surface area contributed by atoms with Crippen molar-refractivity contribution in [1.29, 1.82) is 0 Å². The van der Waals surface area contributed by atoms with E-state index in [9.17, 15) is 10.2 Å². The third-order valence-electron chi connectivity index (χ3n) is 5.26. The fraction of sp³-hybridized carbons (Fsp3) is 0.400. The minimum absolute atomic E-state index is 0.00522. The highest BCUT2D eigenvalue weighted by Crippen LogP contribution is 2.46. The van der Waals surface area contributed by atoms with Crippen molar-refractivity contribution in [2.75, 3.05) is 0 Å². The van der Waals surface area contributed by atoms with Crippen LogP contribution in [-0.2, 0) is 18.6 Å². The smallest absolute Gasteiger partial charge is 0.0692 e. The molecule has 2 N–H and O–H groups in total. The lowest BCUT2D eigenvalue weighted by Gasteiger charge is -2.39. The summed E-state index contributed by atoms with van der Waals surface area (Å²) >= 11 is 7.21. The van der Waals surface area contributed by atoms with Gasteiger partial charge in [0.2, 0.25) is 0 Å². The first kappa shape index (κ1) is 18.1. The zero-order valence-electron chi connectivity index (χ0n) is 13.6. The van der Waals surface area contributed by atoms with Crippen LogP contribution in [0.2, 0.25) is 0 Å². The Morgan fingerprint density at radius 2 is 1.21 bits per heavy atom. The summed E-state index contributed by atoms with van der Waals surface area (Å²) in [6, 6.07) is 12.7. The number of rotatable bonds is 4. The predicted octanol–water partition coefficient (Wildman–Crippen LogP) is 5.45. The molecule has 4 heteroatoms. The number of aliphatic hydroxyl groups is 2. The second-order valence-corrected chi connectivity index (χ2v) is 8.28. The van der Waals surface area contributed by atoms with E-state index in [4.69, 9.17) is 0 Å². The van der Waals surface area contributed by atoms with Crippen LogP contribution in [0.3, 0.4) is 0 Å². The normalized spacial score (nSPS) is 17.0. The summed E-state index contributed by atoms with van der Waals surface area (Å²) in [5, 5.41) is 18.9. The van der Waals surface area contributed by atoms with Crippen LogP contribution >= 0.6 is 31.9 Å². The van der Waals surface area contributed by atoms with Crippen LogP contribution < -0.4 is 0 Å². The summed E-state index contributed by atoms with van der Waals surface area (Å²) < 4.78 is 1.94. The van der Waals surface area contributed by atoms with Crippen LogP contribution in [0.4, 0.5) is 0 Å². The molecule has 0 aromatic heterocycles. The highest BCUT2D eigenvalue weighted by atomic mass is 79.9. The lowest BCUT2D eigenvalue weighted by Crippen LogP contribution is -2.30. The first-order chi connectivity index (χ1) is 11.6. The van der Waals surface area contributed by atoms with Gasteiger partial charge in [-0.05, 0) is 47.2 Å². The van der Waals surface area contributed by atoms with E-state index in [1.54, 1.807) is 0 Å². The fourth-order valence-electron chi connectivity index (χ4n) is 3.85. The van der Waals surface area contributed by atoms with Crippen LogP contribution in [0.1, 0.15) is 54.4 Å². The predicted molar refractivity (Wildman–Crippen MR) is 104 cm³/mol. The van der Waals surface area contributed by atoms with Crippen LogP contribution in [0.25, 0.3) is 0 Å². The molecule has 0 atom stereocenters. The van der Waals surface area contributed by atoms with E-state index < -0.39 is 0 Å². The van der Waals surface area contributed by atoms with Crippen molar-refractivity contribution in [3.63, 3.8) is 0 Å². The molecule has 128 valence electrons. The molecule has 0 spiro atoms. The van der Waals surface area contributed by atoms with Gasteiger partial charge in [0.25, 0.3) is 0 Å². The molecule has 24 heavy (non-hydrogen) atoms.